The lowest BCUT2D eigenvalue weighted by molar-refractivity contribution is -0.0499. The van der Waals surface area contributed by atoms with E-state index in [0.29, 0.717) is 4.47 Å². The van der Waals surface area contributed by atoms with Crippen molar-refractivity contribution in [1.29, 1.82) is 0 Å². The Morgan fingerprint density at radius 3 is 2.60 bits per heavy atom. The highest BCUT2D eigenvalue weighted by molar-refractivity contribution is 9.10. The van der Waals surface area contributed by atoms with Gasteiger partial charge in [-0.15, -0.1) is 6.58 Å². The first-order valence-electron chi connectivity index (χ1n) is 4.40. The van der Waals surface area contributed by atoms with Crippen LogP contribution in [0.15, 0.2) is 35.3 Å². The Bertz CT molecular complexity index is 352. The van der Waals surface area contributed by atoms with Gasteiger partial charge in [-0.25, -0.2) is 0 Å². The molecule has 1 unspecified atom stereocenters. The lowest BCUT2D eigenvalue weighted by Gasteiger charge is -2.10. The average molecular weight is 277 g/mol. The lowest BCUT2D eigenvalue weighted by atomic mass is 10.0. The summed E-state index contributed by atoms with van der Waals surface area (Å²) in [5.41, 5.74) is 0.884. The van der Waals surface area contributed by atoms with Crippen LogP contribution in [0.4, 0.5) is 8.78 Å². The van der Waals surface area contributed by atoms with E-state index >= 15 is 0 Å². The monoisotopic (exact) mass is 276 g/mol. The molecule has 0 aromatic heterocycles. The largest absolute Gasteiger partial charge is 0.435 e. The molecule has 0 saturated carbocycles. The first-order valence-corrected chi connectivity index (χ1v) is 5.20. The van der Waals surface area contributed by atoms with Gasteiger partial charge in [0, 0.05) is 4.47 Å². The van der Waals surface area contributed by atoms with Crippen LogP contribution in [-0.2, 0) is 0 Å². The maximum absolute atomic E-state index is 12.0. The van der Waals surface area contributed by atoms with Crippen molar-refractivity contribution in [1.82, 2.24) is 0 Å². The summed E-state index contributed by atoms with van der Waals surface area (Å²) in [5, 5.41) is 0. The van der Waals surface area contributed by atoms with Gasteiger partial charge in [0.15, 0.2) is 0 Å². The molecule has 0 heterocycles. The van der Waals surface area contributed by atoms with Gasteiger partial charge < -0.3 is 4.74 Å². The number of hydrogen-bond donors (Lipinski definition) is 0. The van der Waals surface area contributed by atoms with E-state index in [-0.39, 0.29) is 11.7 Å². The second-order valence-electron chi connectivity index (χ2n) is 3.12. The quantitative estimate of drug-likeness (QED) is 0.744. The number of rotatable bonds is 4. The summed E-state index contributed by atoms with van der Waals surface area (Å²) in [6, 6.07) is 4.94. The minimum atomic E-state index is -2.80. The summed E-state index contributed by atoms with van der Waals surface area (Å²) in [7, 11) is 0. The van der Waals surface area contributed by atoms with E-state index in [0.717, 1.165) is 5.56 Å². The Balaban J connectivity index is 2.99. The van der Waals surface area contributed by atoms with Gasteiger partial charge in [-0.2, -0.15) is 8.78 Å². The Morgan fingerprint density at radius 2 is 2.07 bits per heavy atom. The van der Waals surface area contributed by atoms with Gasteiger partial charge in [0.2, 0.25) is 0 Å². The van der Waals surface area contributed by atoms with Gasteiger partial charge in [-0.1, -0.05) is 28.9 Å². The van der Waals surface area contributed by atoms with E-state index in [1.807, 2.05) is 13.0 Å². The minimum Gasteiger partial charge on any atom is -0.435 e. The molecular formula is C11H11BrF2O. The van der Waals surface area contributed by atoms with E-state index in [1.165, 1.54) is 6.07 Å². The van der Waals surface area contributed by atoms with Crippen molar-refractivity contribution in [2.24, 2.45) is 0 Å². The van der Waals surface area contributed by atoms with Crippen LogP contribution in [0, 0.1) is 0 Å². The average Bonchev–Trinajstić information content (AvgIpc) is 2.14. The van der Waals surface area contributed by atoms with Crippen LogP contribution < -0.4 is 4.74 Å². The highest BCUT2D eigenvalue weighted by Gasteiger charge is 2.08. The Kier molecular flexibility index (Phi) is 4.27. The molecule has 15 heavy (non-hydrogen) atoms. The fourth-order valence-electron chi connectivity index (χ4n) is 1.15. The first kappa shape index (κ1) is 12.2. The molecule has 0 aliphatic rings. The second kappa shape index (κ2) is 5.26. The number of benzene rings is 1. The van der Waals surface area contributed by atoms with E-state index in [1.54, 1.807) is 12.1 Å². The van der Waals surface area contributed by atoms with E-state index in [2.05, 4.69) is 27.2 Å². The molecule has 4 heteroatoms. The SMILES string of the molecule is C=CC(C)c1cc(Br)cc(OC(F)F)c1. The Hall–Kier alpha value is -0.900. The molecule has 0 aliphatic heterocycles. The Morgan fingerprint density at radius 1 is 1.40 bits per heavy atom. The molecule has 1 rings (SSSR count). The van der Waals surface area contributed by atoms with Gasteiger partial charge >= 0.3 is 6.61 Å². The van der Waals surface area contributed by atoms with Crippen LogP contribution in [-0.4, -0.2) is 6.61 Å². The molecule has 1 aromatic rings. The third kappa shape index (κ3) is 3.63. The third-order valence-electron chi connectivity index (χ3n) is 2.00. The van der Waals surface area contributed by atoms with Crippen LogP contribution in [0.5, 0.6) is 5.75 Å². The number of hydrogen-bond acceptors (Lipinski definition) is 1. The molecule has 0 spiro atoms. The zero-order chi connectivity index (χ0) is 11.4. The van der Waals surface area contributed by atoms with Crippen molar-refractivity contribution in [2.75, 3.05) is 0 Å². The van der Waals surface area contributed by atoms with Gasteiger partial charge in [0.05, 0.1) is 0 Å². The third-order valence-corrected chi connectivity index (χ3v) is 2.46. The zero-order valence-corrected chi connectivity index (χ0v) is 9.80. The van der Waals surface area contributed by atoms with Crippen LogP contribution >= 0.6 is 15.9 Å². The number of halogens is 3. The normalized spacial score (nSPS) is 12.6. The summed E-state index contributed by atoms with van der Waals surface area (Å²) >= 11 is 3.24. The van der Waals surface area contributed by atoms with Crippen molar-refractivity contribution >= 4 is 15.9 Å². The predicted octanol–water partition coefficient (Wildman–Crippen LogP) is 4.34. The second-order valence-corrected chi connectivity index (χ2v) is 4.04. The summed E-state index contributed by atoms with van der Waals surface area (Å²) in [5.74, 6) is 0.255. The molecule has 0 amide bonds. The van der Waals surface area contributed by atoms with Crippen LogP contribution in [0.3, 0.4) is 0 Å². The zero-order valence-electron chi connectivity index (χ0n) is 8.21. The maximum atomic E-state index is 12.0. The molecule has 0 bridgehead atoms. The topological polar surface area (TPSA) is 9.23 Å². The van der Waals surface area contributed by atoms with Crippen LogP contribution in [0.25, 0.3) is 0 Å². The fraction of sp³-hybridized carbons (Fsp3) is 0.273. The summed E-state index contributed by atoms with van der Waals surface area (Å²) in [6.07, 6.45) is 1.74. The molecule has 1 aromatic carbocycles. The van der Waals surface area contributed by atoms with E-state index in [9.17, 15) is 8.78 Å². The van der Waals surface area contributed by atoms with Crippen molar-refractivity contribution in [2.45, 2.75) is 19.5 Å². The minimum absolute atomic E-state index is 0.0996. The Labute approximate surface area is 95.9 Å². The van der Waals surface area contributed by atoms with Crippen molar-refractivity contribution < 1.29 is 13.5 Å². The van der Waals surface area contributed by atoms with E-state index < -0.39 is 6.61 Å². The molecule has 0 N–H and O–H groups in total. The molecule has 82 valence electrons. The smallest absolute Gasteiger partial charge is 0.387 e. The van der Waals surface area contributed by atoms with Crippen molar-refractivity contribution in [3.8, 4) is 5.75 Å². The summed E-state index contributed by atoms with van der Waals surface area (Å²) in [4.78, 5) is 0. The lowest BCUT2D eigenvalue weighted by Crippen LogP contribution is -2.02. The molecule has 0 saturated heterocycles. The highest BCUT2D eigenvalue weighted by Crippen LogP contribution is 2.27. The molecular weight excluding hydrogens is 266 g/mol. The van der Waals surface area contributed by atoms with Crippen molar-refractivity contribution in [3.63, 3.8) is 0 Å². The van der Waals surface area contributed by atoms with Gasteiger partial charge in [0.1, 0.15) is 5.75 Å². The number of alkyl halides is 2. The highest BCUT2D eigenvalue weighted by atomic mass is 79.9. The number of allylic oxidation sites excluding steroid dienone is 1. The maximum Gasteiger partial charge on any atom is 0.387 e. The summed E-state index contributed by atoms with van der Waals surface area (Å²) in [6.45, 7) is 2.78. The van der Waals surface area contributed by atoms with Gasteiger partial charge in [-0.05, 0) is 29.7 Å². The molecule has 0 radical (unpaired) electrons. The number of ether oxygens (including phenoxy) is 1. The summed E-state index contributed by atoms with van der Waals surface area (Å²) < 4.78 is 29.1. The molecule has 1 nitrogen and oxygen atoms in total. The van der Waals surface area contributed by atoms with E-state index in [4.69, 9.17) is 0 Å². The molecule has 0 aliphatic carbocycles. The van der Waals surface area contributed by atoms with Crippen LogP contribution in [0.2, 0.25) is 0 Å². The van der Waals surface area contributed by atoms with Crippen LogP contribution in [0.1, 0.15) is 18.4 Å². The molecule has 0 fully saturated rings. The predicted molar refractivity (Wildman–Crippen MR) is 59.4 cm³/mol. The fourth-order valence-corrected chi connectivity index (χ4v) is 1.64. The molecule has 1 atom stereocenters. The van der Waals surface area contributed by atoms with Gasteiger partial charge in [-0.3, -0.25) is 0 Å². The van der Waals surface area contributed by atoms with Gasteiger partial charge in [0.25, 0.3) is 0 Å². The standard InChI is InChI=1S/C11H11BrF2O/c1-3-7(2)8-4-9(12)6-10(5-8)15-11(13)14/h3-7,11H,1H2,2H3. The first-order chi connectivity index (χ1) is 7.02. The van der Waals surface area contributed by atoms with Crippen molar-refractivity contribution in [3.05, 3.63) is 40.9 Å².